The van der Waals surface area contributed by atoms with E-state index >= 15 is 0 Å². The summed E-state index contributed by atoms with van der Waals surface area (Å²) < 4.78 is 0. The molecule has 0 saturated carbocycles. The Labute approximate surface area is 91.7 Å². The number of hydrogen-bond acceptors (Lipinski definition) is 1. The molecule has 0 unspecified atom stereocenters. The first-order valence-electron chi connectivity index (χ1n) is 5.36. The fourth-order valence-corrected chi connectivity index (χ4v) is 2.20. The van der Waals surface area contributed by atoms with Gasteiger partial charge in [-0.2, -0.15) is 0 Å². The quantitative estimate of drug-likeness (QED) is 0.580. The van der Waals surface area contributed by atoms with Gasteiger partial charge in [-0.15, -0.1) is 5.73 Å². The van der Waals surface area contributed by atoms with Crippen molar-refractivity contribution in [2.75, 3.05) is 13.6 Å². The molecule has 1 aromatic carbocycles. The lowest BCUT2D eigenvalue weighted by Gasteiger charge is -2.20. The summed E-state index contributed by atoms with van der Waals surface area (Å²) in [6, 6.07) is 8.60. The molecule has 0 N–H and O–H groups in total. The normalized spacial score (nSPS) is 17.3. The highest BCUT2D eigenvalue weighted by atomic mass is 15.1. The Bertz CT molecular complexity index is 436. The van der Waals surface area contributed by atoms with E-state index in [-0.39, 0.29) is 0 Å². The Balaban J connectivity index is 2.60. The molecule has 1 aliphatic heterocycles. The molecule has 0 bridgehead atoms. The lowest BCUT2D eigenvalue weighted by Crippen LogP contribution is -2.21. The van der Waals surface area contributed by atoms with Crippen molar-refractivity contribution in [3.63, 3.8) is 0 Å². The van der Waals surface area contributed by atoms with Gasteiger partial charge >= 0.3 is 0 Å². The summed E-state index contributed by atoms with van der Waals surface area (Å²) in [6.45, 7) is 6.32. The highest BCUT2D eigenvalue weighted by Crippen LogP contribution is 2.21. The van der Waals surface area contributed by atoms with E-state index in [4.69, 9.17) is 0 Å². The van der Waals surface area contributed by atoms with Crippen LogP contribution in [0.5, 0.6) is 0 Å². The highest BCUT2D eigenvalue weighted by Gasteiger charge is 2.09. The van der Waals surface area contributed by atoms with Crippen molar-refractivity contribution in [3.05, 3.63) is 46.7 Å². The predicted octanol–water partition coefficient (Wildman–Crippen LogP) is 3.08. The molecule has 0 radical (unpaired) electrons. The van der Waals surface area contributed by atoms with E-state index in [1.165, 1.54) is 22.3 Å². The van der Waals surface area contributed by atoms with Crippen molar-refractivity contribution >= 4 is 5.57 Å². The molecule has 0 atom stereocenters. The topological polar surface area (TPSA) is 3.24 Å². The molecule has 0 aliphatic carbocycles. The number of nitrogens with zero attached hydrogens (tertiary/aromatic N) is 1. The summed E-state index contributed by atoms with van der Waals surface area (Å²) in [5.41, 5.74) is 8.77. The third-order valence-electron chi connectivity index (χ3n) is 2.77. The maximum absolute atomic E-state index is 3.46. The summed E-state index contributed by atoms with van der Waals surface area (Å²) in [5, 5.41) is 0. The van der Waals surface area contributed by atoms with E-state index in [2.05, 4.69) is 55.8 Å². The maximum Gasteiger partial charge on any atom is 0.0266 e. The first-order valence-corrected chi connectivity index (χ1v) is 5.36. The van der Waals surface area contributed by atoms with Crippen LogP contribution in [0, 0.1) is 0 Å². The third kappa shape index (κ3) is 2.20. The van der Waals surface area contributed by atoms with Gasteiger partial charge in [0.1, 0.15) is 0 Å². The maximum atomic E-state index is 3.46. The molecule has 1 nitrogen and oxygen atoms in total. The molecule has 15 heavy (non-hydrogen) atoms. The molecule has 1 heteroatoms. The Morgan fingerprint density at radius 2 is 1.87 bits per heavy atom. The second-order valence-corrected chi connectivity index (χ2v) is 4.36. The first-order chi connectivity index (χ1) is 7.16. The number of rotatable bonds is 0. The van der Waals surface area contributed by atoms with Gasteiger partial charge in [-0.3, -0.25) is 4.90 Å². The summed E-state index contributed by atoms with van der Waals surface area (Å²) in [5.74, 6) is 0. The van der Waals surface area contributed by atoms with Crippen LogP contribution in [0.1, 0.15) is 25.0 Å². The molecule has 1 aliphatic rings. The van der Waals surface area contributed by atoms with Crippen molar-refractivity contribution in [1.82, 2.24) is 4.90 Å². The SMILES string of the molecule is CC1=C=C(C)c2ccccc2CN(C)C1. The molecule has 78 valence electrons. The molecule has 1 aromatic rings. The van der Waals surface area contributed by atoms with Crippen molar-refractivity contribution in [1.29, 1.82) is 0 Å². The van der Waals surface area contributed by atoms with Gasteiger partial charge in [-0.05, 0) is 43.2 Å². The molecule has 1 heterocycles. The Kier molecular flexibility index (Phi) is 2.77. The van der Waals surface area contributed by atoms with Crippen LogP contribution in [0.2, 0.25) is 0 Å². The minimum atomic E-state index is 1.01. The molecule has 0 amide bonds. The van der Waals surface area contributed by atoms with Crippen LogP contribution >= 0.6 is 0 Å². The Morgan fingerprint density at radius 1 is 1.13 bits per heavy atom. The largest absolute Gasteiger partial charge is 0.298 e. The second-order valence-electron chi connectivity index (χ2n) is 4.36. The molecule has 0 saturated heterocycles. The van der Waals surface area contributed by atoms with Crippen LogP contribution in [-0.2, 0) is 6.54 Å². The molecular weight excluding hydrogens is 182 g/mol. The zero-order chi connectivity index (χ0) is 10.8. The van der Waals surface area contributed by atoms with Crippen LogP contribution in [0.3, 0.4) is 0 Å². The lowest BCUT2D eigenvalue weighted by atomic mass is 9.99. The monoisotopic (exact) mass is 199 g/mol. The molecule has 0 fully saturated rings. The van der Waals surface area contributed by atoms with E-state index in [1.807, 2.05) is 0 Å². The lowest BCUT2D eigenvalue weighted by molar-refractivity contribution is 0.354. The Hall–Kier alpha value is -1.30. The van der Waals surface area contributed by atoms with Gasteiger partial charge in [-0.1, -0.05) is 24.3 Å². The number of benzene rings is 1. The van der Waals surface area contributed by atoms with E-state index in [9.17, 15) is 0 Å². The van der Waals surface area contributed by atoms with Crippen LogP contribution < -0.4 is 0 Å². The van der Waals surface area contributed by atoms with E-state index in [1.54, 1.807) is 0 Å². The average molecular weight is 199 g/mol. The fraction of sp³-hybridized carbons (Fsp3) is 0.357. The zero-order valence-electron chi connectivity index (χ0n) is 9.67. The summed E-state index contributed by atoms with van der Waals surface area (Å²) >= 11 is 0. The van der Waals surface area contributed by atoms with E-state index in [0.29, 0.717) is 0 Å². The number of likely N-dealkylation sites (N-methyl/N-ethyl adjacent to an activating group) is 1. The van der Waals surface area contributed by atoms with E-state index < -0.39 is 0 Å². The smallest absolute Gasteiger partial charge is 0.0266 e. The second kappa shape index (κ2) is 4.06. The van der Waals surface area contributed by atoms with Crippen LogP contribution in [0.4, 0.5) is 0 Å². The standard InChI is InChI=1S/C14H17N/c1-11-8-12(2)14-7-5-4-6-13(14)10-15(3)9-11/h4-7H,9-10H2,1-3H3. The van der Waals surface area contributed by atoms with Crippen molar-refractivity contribution in [2.45, 2.75) is 20.4 Å². The van der Waals surface area contributed by atoms with Crippen molar-refractivity contribution < 1.29 is 0 Å². The molecule has 0 spiro atoms. The minimum absolute atomic E-state index is 1.01. The number of hydrogen-bond donors (Lipinski definition) is 0. The van der Waals surface area contributed by atoms with Gasteiger partial charge in [0, 0.05) is 13.1 Å². The molecule has 0 aromatic heterocycles. The molecular formula is C14H17N. The van der Waals surface area contributed by atoms with Gasteiger partial charge in [0.25, 0.3) is 0 Å². The van der Waals surface area contributed by atoms with Gasteiger partial charge in [0.05, 0.1) is 0 Å². The van der Waals surface area contributed by atoms with Crippen LogP contribution in [0.15, 0.2) is 35.6 Å². The van der Waals surface area contributed by atoms with Crippen LogP contribution in [0.25, 0.3) is 5.57 Å². The summed E-state index contributed by atoms with van der Waals surface area (Å²) in [4.78, 5) is 2.33. The van der Waals surface area contributed by atoms with Gasteiger partial charge in [-0.25, -0.2) is 0 Å². The van der Waals surface area contributed by atoms with Crippen molar-refractivity contribution in [2.24, 2.45) is 0 Å². The third-order valence-corrected chi connectivity index (χ3v) is 2.77. The fourth-order valence-electron chi connectivity index (χ4n) is 2.20. The summed E-state index contributed by atoms with van der Waals surface area (Å²) in [7, 11) is 2.16. The minimum Gasteiger partial charge on any atom is -0.298 e. The van der Waals surface area contributed by atoms with E-state index in [0.717, 1.165) is 13.1 Å². The number of fused-ring (bicyclic) bond motifs is 1. The average Bonchev–Trinajstić information content (AvgIpc) is 2.16. The first kappa shape index (κ1) is 10.2. The predicted molar refractivity (Wildman–Crippen MR) is 64.6 cm³/mol. The Morgan fingerprint density at radius 3 is 2.67 bits per heavy atom. The van der Waals surface area contributed by atoms with Gasteiger partial charge < -0.3 is 0 Å². The van der Waals surface area contributed by atoms with Gasteiger partial charge in [0.2, 0.25) is 0 Å². The van der Waals surface area contributed by atoms with Crippen LogP contribution in [-0.4, -0.2) is 18.5 Å². The summed E-state index contributed by atoms with van der Waals surface area (Å²) in [6.07, 6.45) is 0. The highest BCUT2D eigenvalue weighted by molar-refractivity contribution is 5.66. The zero-order valence-corrected chi connectivity index (χ0v) is 9.67. The van der Waals surface area contributed by atoms with Crippen molar-refractivity contribution in [3.8, 4) is 0 Å². The van der Waals surface area contributed by atoms with Gasteiger partial charge in [0.15, 0.2) is 0 Å². The molecule has 2 rings (SSSR count).